The molecule has 114 valence electrons. The fourth-order valence-corrected chi connectivity index (χ4v) is 5.28. The Morgan fingerprint density at radius 2 is 2.00 bits per heavy atom. The molecule has 2 saturated carbocycles. The minimum absolute atomic E-state index is 0.103. The molecule has 3 nitrogen and oxygen atoms in total. The van der Waals surface area contributed by atoms with Gasteiger partial charge in [0, 0.05) is 11.3 Å². The highest BCUT2D eigenvalue weighted by atomic mass is 28.4. The molecule has 0 N–H and O–H groups in total. The van der Waals surface area contributed by atoms with E-state index >= 15 is 0 Å². The molecule has 0 aromatic heterocycles. The summed E-state index contributed by atoms with van der Waals surface area (Å²) in [7, 11) is -1.79. The lowest BCUT2D eigenvalue weighted by molar-refractivity contribution is -0.137. The molecule has 3 rings (SSSR count). The maximum atomic E-state index is 12.4. The smallest absolute Gasteiger partial charge is 0.192 e. The van der Waals surface area contributed by atoms with Crippen LogP contribution in [0.3, 0.4) is 0 Å². The van der Waals surface area contributed by atoms with Crippen LogP contribution in [0.4, 0.5) is 0 Å². The predicted octanol–water partition coefficient (Wildman–Crippen LogP) is 3.53. The number of hydrogen-bond acceptors (Lipinski definition) is 3. The molecule has 3 aliphatic rings. The fraction of sp³-hybridized carbons (Fsp3) is 0.938. The van der Waals surface area contributed by atoms with Gasteiger partial charge in [-0.05, 0) is 37.4 Å². The van der Waals surface area contributed by atoms with E-state index < -0.39 is 8.32 Å². The van der Waals surface area contributed by atoms with Gasteiger partial charge >= 0.3 is 0 Å². The summed E-state index contributed by atoms with van der Waals surface area (Å²) in [6.45, 7) is 13.6. The maximum Gasteiger partial charge on any atom is 0.192 e. The van der Waals surface area contributed by atoms with Crippen molar-refractivity contribution < 1.29 is 14.0 Å². The zero-order chi connectivity index (χ0) is 14.9. The van der Waals surface area contributed by atoms with E-state index in [9.17, 15) is 4.79 Å². The fourth-order valence-electron chi connectivity index (χ4n) is 3.91. The molecule has 0 unspecified atom stereocenters. The highest BCUT2D eigenvalue weighted by Crippen LogP contribution is 2.59. The summed E-state index contributed by atoms with van der Waals surface area (Å²) < 4.78 is 12.3. The van der Waals surface area contributed by atoms with Crippen LogP contribution >= 0.6 is 0 Å². The number of carbonyl (C=O) groups is 1. The van der Waals surface area contributed by atoms with E-state index in [1.54, 1.807) is 0 Å². The Balaban J connectivity index is 1.83. The van der Waals surface area contributed by atoms with Crippen molar-refractivity contribution in [1.29, 1.82) is 0 Å². The van der Waals surface area contributed by atoms with Crippen LogP contribution in [0.2, 0.25) is 18.1 Å². The standard InChI is InChI=1S/C16H28O3Si/c1-15(2,3)20(5,6)19-10-8-7-9-16(4)11(10)12-13(18-12)14(16)17/h10-13H,7-9H2,1-6H3/t10-,11+,12+,13+,16-/m0/s1. The first-order valence-electron chi connectivity index (χ1n) is 7.95. The van der Waals surface area contributed by atoms with Crippen LogP contribution < -0.4 is 0 Å². The molecule has 0 aromatic rings. The SMILES string of the molecule is CC(C)(C)[Si](C)(C)O[C@H]1CCC[C@]2(C)C(=O)[C@@H]3O[C@@H]3[C@@H]12. The first-order valence-corrected chi connectivity index (χ1v) is 10.9. The number of epoxide rings is 1. The van der Waals surface area contributed by atoms with Crippen molar-refractivity contribution in [2.45, 2.75) is 83.4 Å². The van der Waals surface area contributed by atoms with Crippen molar-refractivity contribution in [3.8, 4) is 0 Å². The van der Waals surface area contributed by atoms with Gasteiger partial charge in [0.25, 0.3) is 0 Å². The van der Waals surface area contributed by atoms with Gasteiger partial charge in [0.1, 0.15) is 6.10 Å². The number of ether oxygens (including phenoxy) is 1. The van der Waals surface area contributed by atoms with Crippen LogP contribution in [0.5, 0.6) is 0 Å². The second kappa shape index (κ2) is 4.17. The van der Waals surface area contributed by atoms with Gasteiger partial charge in [-0.1, -0.05) is 27.7 Å². The van der Waals surface area contributed by atoms with Crippen molar-refractivity contribution >= 4 is 14.1 Å². The van der Waals surface area contributed by atoms with Gasteiger partial charge in [0.15, 0.2) is 14.1 Å². The number of ketones is 1. The van der Waals surface area contributed by atoms with Gasteiger partial charge in [0.05, 0.1) is 12.2 Å². The lowest BCUT2D eigenvalue weighted by Crippen LogP contribution is -2.51. The van der Waals surface area contributed by atoms with E-state index in [1.807, 2.05) is 0 Å². The molecule has 0 amide bonds. The molecule has 0 aromatic carbocycles. The topological polar surface area (TPSA) is 38.8 Å². The minimum atomic E-state index is -1.79. The van der Waals surface area contributed by atoms with Crippen molar-refractivity contribution in [3.63, 3.8) is 0 Å². The molecular formula is C16H28O3Si. The number of hydrogen-bond donors (Lipinski definition) is 0. The zero-order valence-corrected chi connectivity index (χ0v) is 14.7. The normalized spacial score (nSPS) is 44.2. The van der Waals surface area contributed by atoms with Gasteiger partial charge in [-0.15, -0.1) is 0 Å². The van der Waals surface area contributed by atoms with Gasteiger partial charge < -0.3 is 9.16 Å². The number of rotatable bonds is 2. The average molecular weight is 296 g/mol. The lowest BCUT2D eigenvalue weighted by atomic mass is 9.67. The van der Waals surface area contributed by atoms with Crippen LogP contribution in [0.1, 0.15) is 47.0 Å². The Morgan fingerprint density at radius 1 is 1.35 bits per heavy atom. The zero-order valence-electron chi connectivity index (χ0n) is 13.7. The highest BCUT2D eigenvalue weighted by Gasteiger charge is 2.70. The molecule has 5 atom stereocenters. The third kappa shape index (κ3) is 1.95. The largest absolute Gasteiger partial charge is 0.414 e. The second-order valence-electron chi connectivity index (χ2n) is 8.64. The average Bonchev–Trinajstić information content (AvgIpc) is 3.01. The molecule has 1 saturated heterocycles. The summed E-state index contributed by atoms with van der Waals surface area (Å²) in [5, 5.41) is 0.216. The molecule has 0 spiro atoms. The van der Waals surface area contributed by atoms with E-state index in [0.717, 1.165) is 19.3 Å². The quantitative estimate of drug-likeness (QED) is 0.578. The molecule has 20 heavy (non-hydrogen) atoms. The van der Waals surface area contributed by atoms with Crippen molar-refractivity contribution in [2.75, 3.05) is 0 Å². The first kappa shape index (κ1) is 14.7. The monoisotopic (exact) mass is 296 g/mol. The van der Waals surface area contributed by atoms with Crippen molar-refractivity contribution in [3.05, 3.63) is 0 Å². The van der Waals surface area contributed by atoms with E-state index in [0.29, 0.717) is 11.7 Å². The molecule has 3 fully saturated rings. The summed E-state index contributed by atoms with van der Waals surface area (Å²) in [4.78, 5) is 12.4. The minimum Gasteiger partial charge on any atom is -0.414 e. The molecule has 0 radical (unpaired) electrons. The lowest BCUT2D eigenvalue weighted by Gasteiger charge is -2.47. The molecule has 0 bridgehead atoms. The van der Waals surface area contributed by atoms with E-state index in [1.165, 1.54) is 0 Å². The maximum absolute atomic E-state index is 12.4. The van der Waals surface area contributed by atoms with E-state index in [2.05, 4.69) is 40.8 Å². The van der Waals surface area contributed by atoms with Crippen LogP contribution in [-0.4, -0.2) is 32.4 Å². The van der Waals surface area contributed by atoms with Gasteiger partial charge in [-0.2, -0.15) is 0 Å². The second-order valence-corrected chi connectivity index (χ2v) is 13.4. The number of fused-ring (bicyclic) bond motifs is 3. The number of carbonyl (C=O) groups excluding carboxylic acids is 1. The highest BCUT2D eigenvalue weighted by molar-refractivity contribution is 6.74. The van der Waals surface area contributed by atoms with Crippen molar-refractivity contribution in [1.82, 2.24) is 0 Å². The summed E-state index contributed by atoms with van der Waals surface area (Å²) in [5.41, 5.74) is -0.182. The van der Waals surface area contributed by atoms with Gasteiger partial charge in [-0.25, -0.2) is 0 Å². The summed E-state index contributed by atoms with van der Waals surface area (Å²) in [6.07, 6.45) is 3.49. The Kier molecular flexibility index (Phi) is 3.07. The third-order valence-corrected chi connectivity index (χ3v) is 10.8. The Bertz CT molecular complexity index is 439. The Morgan fingerprint density at radius 3 is 2.60 bits per heavy atom. The van der Waals surface area contributed by atoms with Crippen LogP contribution in [0.15, 0.2) is 0 Å². The Hall–Kier alpha value is -0.193. The molecule has 4 heteroatoms. The first-order chi connectivity index (χ1) is 9.08. The van der Waals surface area contributed by atoms with E-state index in [-0.39, 0.29) is 28.8 Å². The summed E-state index contributed by atoms with van der Waals surface area (Å²) in [6, 6.07) is 0. The molecular weight excluding hydrogens is 268 g/mol. The van der Waals surface area contributed by atoms with Crippen LogP contribution in [0, 0.1) is 11.3 Å². The molecule has 1 heterocycles. The summed E-state index contributed by atoms with van der Waals surface area (Å²) in [5.74, 6) is 0.638. The van der Waals surface area contributed by atoms with Crippen molar-refractivity contribution in [2.24, 2.45) is 11.3 Å². The molecule has 2 aliphatic carbocycles. The van der Waals surface area contributed by atoms with E-state index in [4.69, 9.17) is 9.16 Å². The van der Waals surface area contributed by atoms with Gasteiger partial charge in [-0.3, -0.25) is 4.79 Å². The Labute approximate surface area is 123 Å². The number of Topliss-reactive ketones (excluding diaryl/α,β-unsaturated/α-hetero) is 1. The van der Waals surface area contributed by atoms with Gasteiger partial charge in [0.2, 0.25) is 0 Å². The third-order valence-electron chi connectivity index (χ3n) is 6.27. The summed E-state index contributed by atoms with van der Waals surface area (Å²) >= 11 is 0. The van der Waals surface area contributed by atoms with Crippen LogP contribution in [-0.2, 0) is 14.0 Å². The van der Waals surface area contributed by atoms with Crippen LogP contribution in [0.25, 0.3) is 0 Å². The predicted molar refractivity (Wildman–Crippen MR) is 81.2 cm³/mol. The molecule has 1 aliphatic heterocycles.